The summed E-state index contributed by atoms with van der Waals surface area (Å²) in [7, 11) is 1.43. The van der Waals surface area contributed by atoms with Gasteiger partial charge in [0.1, 0.15) is 24.2 Å². The third kappa shape index (κ3) is 5.46. The van der Waals surface area contributed by atoms with Crippen molar-refractivity contribution in [3.63, 3.8) is 0 Å². The fraction of sp³-hybridized carbons (Fsp3) is 0.424. The van der Waals surface area contributed by atoms with Crippen LogP contribution < -0.4 is 4.74 Å². The standard InChI is InChI=1S/C33H38N4O5/c1-21-7-4-8-26(28-9-5-10-29(35-28)37-32(40-3)27(19-34-37)33(38)39)31(21)42-20-24-13-12-23-14-16-36(30-11-6-18-41-30)17-15-25(23)22(24)2/h5,8-10,12-13,19,30H,4,6-7,11,14-18,20H2,1-3H3,(H,38,39). The molecule has 4 heterocycles. The lowest BCUT2D eigenvalue weighted by Crippen LogP contribution is -2.36. The van der Waals surface area contributed by atoms with E-state index in [1.165, 1.54) is 45.8 Å². The summed E-state index contributed by atoms with van der Waals surface area (Å²) in [5.41, 5.74) is 8.25. The van der Waals surface area contributed by atoms with Crippen molar-refractivity contribution in [1.29, 1.82) is 0 Å². The van der Waals surface area contributed by atoms with Gasteiger partial charge in [-0.15, -0.1) is 0 Å². The molecule has 0 amide bonds. The second-order valence-corrected chi connectivity index (χ2v) is 11.2. The van der Waals surface area contributed by atoms with Gasteiger partial charge < -0.3 is 19.3 Å². The highest BCUT2D eigenvalue weighted by Gasteiger charge is 2.27. The summed E-state index contributed by atoms with van der Waals surface area (Å²) in [5, 5.41) is 13.7. The summed E-state index contributed by atoms with van der Waals surface area (Å²) in [5.74, 6) is 0.347. The first-order valence-electron chi connectivity index (χ1n) is 14.8. The number of rotatable bonds is 8. The number of ether oxygens (including phenoxy) is 3. The second kappa shape index (κ2) is 12.1. The number of carboxylic acids is 1. The van der Waals surface area contributed by atoms with E-state index < -0.39 is 5.97 Å². The molecule has 1 saturated heterocycles. The molecular formula is C33H38N4O5. The van der Waals surface area contributed by atoms with Gasteiger partial charge in [-0.3, -0.25) is 4.90 Å². The van der Waals surface area contributed by atoms with Gasteiger partial charge in [-0.05, 0) is 92.3 Å². The van der Waals surface area contributed by atoms with Crippen LogP contribution in [0.4, 0.5) is 0 Å². The Morgan fingerprint density at radius 3 is 2.79 bits per heavy atom. The number of allylic oxidation sites excluding steroid dienone is 3. The van der Waals surface area contributed by atoms with Crippen molar-refractivity contribution in [2.24, 2.45) is 0 Å². The topological polar surface area (TPSA) is 98.9 Å². The molecule has 2 aliphatic heterocycles. The van der Waals surface area contributed by atoms with Crippen LogP contribution in [0.25, 0.3) is 11.4 Å². The Morgan fingerprint density at radius 2 is 2.00 bits per heavy atom. The van der Waals surface area contributed by atoms with Gasteiger partial charge in [0, 0.05) is 25.3 Å². The van der Waals surface area contributed by atoms with Crippen molar-refractivity contribution in [2.75, 3.05) is 26.8 Å². The van der Waals surface area contributed by atoms with E-state index in [0.717, 1.165) is 75.2 Å². The summed E-state index contributed by atoms with van der Waals surface area (Å²) in [4.78, 5) is 19.0. The van der Waals surface area contributed by atoms with Gasteiger partial charge in [0.2, 0.25) is 5.88 Å². The van der Waals surface area contributed by atoms with Gasteiger partial charge in [0.15, 0.2) is 5.82 Å². The molecule has 0 bridgehead atoms. The van der Waals surface area contributed by atoms with Crippen LogP contribution in [-0.2, 0) is 28.9 Å². The Kier molecular flexibility index (Phi) is 8.13. The largest absolute Gasteiger partial charge is 0.488 e. The first kappa shape index (κ1) is 28.2. The molecule has 0 saturated carbocycles. The van der Waals surface area contributed by atoms with E-state index in [-0.39, 0.29) is 17.7 Å². The van der Waals surface area contributed by atoms with Crippen LogP contribution in [0.3, 0.4) is 0 Å². The summed E-state index contributed by atoms with van der Waals surface area (Å²) in [6.07, 6.45) is 9.90. The van der Waals surface area contributed by atoms with Crippen molar-refractivity contribution < 1.29 is 24.1 Å². The summed E-state index contributed by atoms with van der Waals surface area (Å²) >= 11 is 0. The number of hydrogen-bond acceptors (Lipinski definition) is 7. The van der Waals surface area contributed by atoms with Crippen molar-refractivity contribution in [1.82, 2.24) is 19.7 Å². The summed E-state index contributed by atoms with van der Waals surface area (Å²) in [6, 6.07) is 10.1. The number of fused-ring (bicyclic) bond motifs is 1. The number of nitrogens with zero attached hydrogens (tertiary/aromatic N) is 4. The number of carbonyl (C=O) groups is 1. The highest BCUT2D eigenvalue weighted by atomic mass is 16.5. The molecular weight excluding hydrogens is 532 g/mol. The number of hydrogen-bond donors (Lipinski definition) is 1. The molecule has 1 aromatic carbocycles. The van der Waals surface area contributed by atoms with Gasteiger partial charge in [0.25, 0.3) is 0 Å². The monoisotopic (exact) mass is 570 g/mol. The maximum absolute atomic E-state index is 11.6. The van der Waals surface area contributed by atoms with Crippen LogP contribution in [0.1, 0.15) is 70.9 Å². The van der Waals surface area contributed by atoms with Crippen molar-refractivity contribution in [2.45, 2.75) is 65.2 Å². The van der Waals surface area contributed by atoms with E-state index in [4.69, 9.17) is 19.2 Å². The number of aromatic carboxylic acids is 1. The zero-order chi connectivity index (χ0) is 29.2. The Labute approximate surface area is 246 Å². The molecule has 42 heavy (non-hydrogen) atoms. The van der Waals surface area contributed by atoms with Crippen LogP contribution in [0.5, 0.6) is 5.88 Å². The number of benzene rings is 1. The molecule has 1 N–H and O–H groups in total. The zero-order valence-corrected chi connectivity index (χ0v) is 24.6. The van der Waals surface area contributed by atoms with Crippen molar-refractivity contribution in [3.8, 4) is 11.7 Å². The first-order valence-corrected chi connectivity index (χ1v) is 14.8. The Hall–Kier alpha value is -3.95. The van der Waals surface area contributed by atoms with Crippen LogP contribution in [0, 0.1) is 6.92 Å². The molecule has 3 aliphatic rings. The zero-order valence-electron chi connectivity index (χ0n) is 24.6. The number of pyridine rings is 1. The SMILES string of the molecule is COc1c(C(=O)O)cnn1-c1cccc(C2=CCCC(C)=C2OCc2ccc3c(c2C)CCN(C2CCCO2)CC3)n1. The molecule has 1 unspecified atom stereocenters. The van der Waals surface area contributed by atoms with Crippen LogP contribution in [0.2, 0.25) is 0 Å². The summed E-state index contributed by atoms with van der Waals surface area (Å²) in [6.45, 7) is 7.77. The third-order valence-electron chi connectivity index (χ3n) is 8.69. The van der Waals surface area contributed by atoms with Gasteiger partial charge >= 0.3 is 5.97 Å². The van der Waals surface area contributed by atoms with E-state index in [1.807, 2.05) is 12.1 Å². The number of carboxylic acid groups (broad SMARTS) is 1. The minimum Gasteiger partial charge on any atom is -0.488 e. The maximum Gasteiger partial charge on any atom is 0.342 e. The van der Waals surface area contributed by atoms with Gasteiger partial charge in [0.05, 0.1) is 19.0 Å². The van der Waals surface area contributed by atoms with E-state index in [1.54, 1.807) is 6.07 Å². The van der Waals surface area contributed by atoms with E-state index in [2.05, 4.69) is 42.1 Å². The Bertz CT molecular complexity index is 1550. The third-order valence-corrected chi connectivity index (χ3v) is 8.69. The number of aromatic nitrogens is 3. The average molecular weight is 571 g/mol. The molecule has 0 radical (unpaired) electrons. The van der Waals surface area contributed by atoms with Crippen molar-refractivity contribution >= 4 is 11.5 Å². The Morgan fingerprint density at radius 1 is 1.14 bits per heavy atom. The van der Waals surface area contributed by atoms with Crippen LogP contribution in [0.15, 0.2) is 53.9 Å². The quantitative estimate of drug-likeness (QED) is 0.380. The lowest BCUT2D eigenvalue weighted by Gasteiger charge is -2.26. The summed E-state index contributed by atoms with van der Waals surface area (Å²) < 4.78 is 19.3. The molecule has 1 fully saturated rings. The van der Waals surface area contributed by atoms with Crippen molar-refractivity contribution in [3.05, 3.63) is 87.4 Å². The second-order valence-electron chi connectivity index (χ2n) is 11.2. The lowest BCUT2D eigenvalue weighted by molar-refractivity contribution is -0.0174. The normalized spacial score (nSPS) is 19.3. The minimum atomic E-state index is -1.10. The van der Waals surface area contributed by atoms with Gasteiger partial charge in [-0.25, -0.2) is 9.78 Å². The predicted molar refractivity (Wildman–Crippen MR) is 159 cm³/mol. The lowest BCUT2D eigenvalue weighted by atomic mass is 9.93. The van der Waals surface area contributed by atoms with Crippen LogP contribution >= 0.6 is 0 Å². The molecule has 3 aromatic rings. The highest BCUT2D eigenvalue weighted by molar-refractivity contribution is 5.90. The molecule has 9 heteroatoms. The average Bonchev–Trinajstić information content (AvgIpc) is 3.64. The Balaban J connectivity index is 1.22. The molecule has 9 nitrogen and oxygen atoms in total. The first-order chi connectivity index (χ1) is 20.4. The van der Waals surface area contributed by atoms with E-state index in [0.29, 0.717) is 12.4 Å². The van der Waals surface area contributed by atoms with E-state index >= 15 is 0 Å². The van der Waals surface area contributed by atoms with Crippen LogP contribution in [-0.4, -0.2) is 63.8 Å². The van der Waals surface area contributed by atoms with Gasteiger partial charge in [-0.1, -0.05) is 24.3 Å². The van der Waals surface area contributed by atoms with Gasteiger partial charge in [-0.2, -0.15) is 9.78 Å². The molecule has 0 spiro atoms. The van der Waals surface area contributed by atoms with E-state index in [9.17, 15) is 9.90 Å². The molecule has 2 aromatic heterocycles. The predicted octanol–water partition coefficient (Wildman–Crippen LogP) is 5.49. The highest BCUT2D eigenvalue weighted by Crippen LogP contribution is 2.35. The molecule has 6 rings (SSSR count). The fourth-order valence-electron chi connectivity index (χ4n) is 6.34. The minimum absolute atomic E-state index is 0.0166. The number of methoxy groups -OCH3 is 1. The molecule has 1 aliphatic carbocycles. The fourth-order valence-corrected chi connectivity index (χ4v) is 6.34. The smallest absolute Gasteiger partial charge is 0.342 e. The maximum atomic E-state index is 11.6. The molecule has 1 atom stereocenters. The molecule has 220 valence electrons.